The normalized spacial score (nSPS) is 9.94. The monoisotopic (exact) mass is 1130 g/mol. The van der Waals surface area contributed by atoms with Crippen molar-refractivity contribution in [2.75, 3.05) is 0 Å². The van der Waals surface area contributed by atoms with Crippen LogP contribution in [-0.2, 0) is 46.7 Å². The van der Waals surface area contributed by atoms with Gasteiger partial charge in [-0.05, 0) is 22.3 Å². The van der Waals surface area contributed by atoms with Crippen LogP contribution in [0.25, 0.3) is 87.6 Å². The van der Waals surface area contributed by atoms with Crippen LogP contribution in [0.2, 0.25) is 26.2 Å². The molecule has 12 aromatic carbocycles. The zero-order valence-corrected chi connectivity index (χ0v) is 48.6. The van der Waals surface area contributed by atoms with Crippen molar-refractivity contribution in [3.8, 4) is 44.5 Å². The minimum atomic E-state index is 0. The van der Waals surface area contributed by atoms with Crippen LogP contribution >= 0.6 is 0 Å². The molecule has 70 heavy (non-hydrogen) atoms. The van der Waals surface area contributed by atoms with Gasteiger partial charge in [0.05, 0.1) is 0 Å². The molecule has 0 aliphatic rings. The van der Waals surface area contributed by atoms with Crippen LogP contribution < -0.4 is 24.8 Å². The van der Waals surface area contributed by atoms with Gasteiger partial charge < -0.3 is 24.8 Å². The van der Waals surface area contributed by atoms with E-state index >= 15 is 0 Å². The number of hydrogen-bond acceptors (Lipinski definition) is 0. The molecule has 0 N–H and O–H groups in total. The van der Waals surface area contributed by atoms with Gasteiger partial charge in [-0.15, -0.1) is 116 Å². The van der Waals surface area contributed by atoms with Crippen LogP contribution in [0.5, 0.6) is 0 Å². The van der Waals surface area contributed by atoms with Gasteiger partial charge in [0, 0.05) is 0 Å². The fourth-order valence-electron chi connectivity index (χ4n) is 8.13. The van der Waals surface area contributed by atoms with Gasteiger partial charge in [-0.25, -0.2) is 0 Å². The van der Waals surface area contributed by atoms with Gasteiger partial charge >= 0.3 is 83.7 Å². The summed E-state index contributed by atoms with van der Waals surface area (Å²) in [6, 6.07) is 93.6. The Labute approximate surface area is 458 Å². The van der Waals surface area contributed by atoms with E-state index in [0.717, 1.165) is 0 Å². The Hall–Kier alpha value is -5.02. The minimum Gasteiger partial charge on any atom is -1.00 e. The van der Waals surface area contributed by atoms with Crippen molar-refractivity contribution in [1.82, 2.24) is 0 Å². The van der Waals surface area contributed by atoms with E-state index in [1.54, 1.807) is 46.7 Å². The maximum absolute atomic E-state index is 2.31. The number of rotatable bonds is 4. The third kappa shape index (κ3) is 16.0. The fourth-order valence-corrected chi connectivity index (χ4v) is 8.13. The van der Waals surface area contributed by atoms with Crippen LogP contribution in [0.3, 0.4) is 0 Å². The van der Waals surface area contributed by atoms with Crippen LogP contribution in [0.15, 0.2) is 267 Å². The SMILES string of the molecule is C[Si](C)=[Zr+2].C[Si](C)=[Zr+2].[Cl-].[Cl-].c1ccc(-c2cccc3[cH-]ccc23)cc1.c1ccc(-c2cccc3[cH-]ccc23)cc1.c1ccc(-c2cccc3[cH-]ccc23)cc1.c1ccc(-c2cccc3[cH-]ccc23)cc1. The molecule has 0 fully saturated rings. The van der Waals surface area contributed by atoms with Crippen molar-refractivity contribution in [2.45, 2.75) is 26.2 Å². The Morgan fingerprint density at radius 3 is 0.629 bits per heavy atom. The largest absolute Gasteiger partial charge is 1.00 e. The third-order valence-electron chi connectivity index (χ3n) is 11.1. The Morgan fingerprint density at radius 2 is 0.443 bits per heavy atom. The van der Waals surface area contributed by atoms with Crippen LogP contribution in [0.4, 0.5) is 0 Å². The molecule has 344 valence electrons. The van der Waals surface area contributed by atoms with E-state index in [2.05, 4.69) is 293 Å². The minimum absolute atomic E-state index is 0. The average Bonchev–Trinajstić information content (AvgIpc) is 4.23. The molecule has 0 aromatic heterocycles. The summed E-state index contributed by atoms with van der Waals surface area (Å²) >= 11 is 3.48. The smallest absolute Gasteiger partial charge is 0.0279 e. The van der Waals surface area contributed by atoms with Crippen molar-refractivity contribution < 1.29 is 71.5 Å². The second-order valence-corrected chi connectivity index (χ2v) is 35.5. The van der Waals surface area contributed by atoms with Crippen LogP contribution in [0.1, 0.15) is 0 Å². The molecule has 0 heterocycles. The first-order chi connectivity index (χ1) is 33.3. The van der Waals surface area contributed by atoms with Crippen LogP contribution in [-0.4, -0.2) is 10.9 Å². The van der Waals surface area contributed by atoms with Gasteiger partial charge in [0.1, 0.15) is 0 Å². The molecule has 0 saturated carbocycles. The van der Waals surface area contributed by atoms with Crippen molar-refractivity contribution in [3.63, 3.8) is 0 Å². The summed E-state index contributed by atoms with van der Waals surface area (Å²) in [6.45, 7) is 9.23. The molecule has 0 saturated heterocycles. The van der Waals surface area contributed by atoms with Gasteiger partial charge in [0.15, 0.2) is 0 Å². The van der Waals surface area contributed by atoms with E-state index in [1.807, 2.05) is 0 Å². The van der Waals surface area contributed by atoms with Crippen LogP contribution in [0, 0.1) is 0 Å². The summed E-state index contributed by atoms with van der Waals surface area (Å²) in [4.78, 5) is 0. The summed E-state index contributed by atoms with van der Waals surface area (Å²) in [5, 5.41) is 10.6. The van der Waals surface area contributed by atoms with Gasteiger partial charge in [-0.3, -0.25) is 0 Å². The standard InChI is InChI=1S/4C15H11.2C2H6Si.2ClH.2Zr/c4*1-2-6-12(7-3-1)14-10-4-8-13-9-5-11-15(13)14;2*1-3-2;;;;/h4*1-11H;2*1-2H3;2*1H;;/q4*-1;;;;;2*+2/p-2. The summed E-state index contributed by atoms with van der Waals surface area (Å²) in [5.74, 6) is 0. The van der Waals surface area contributed by atoms with Crippen molar-refractivity contribution in [2.24, 2.45) is 0 Å². The molecule has 12 aromatic rings. The molecule has 0 unspecified atom stereocenters. The molecule has 6 heteroatoms. The molecule has 0 aliphatic heterocycles. The summed E-state index contributed by atoms with van der Waals surface area (Å²) in [6.07, 6.45) is 0. The quantitative estimate of drug-likeness (QED) is 0.122. The van der Waals surface area contributed by atoms with Crippen molar-refractivity contribution in [1.29, 1.82) is 0 Å². The zero-order chi connectivity index (χ0) is 47.5. The van der Waals surface area contributed by atoms with Gasteiger partial charge in [0.2, 0.25) is 0 Å². The third-order valence-corrected chi connectivity index (χ3v) is 11.1. The van der Waals surface area contributed by atoms with Gasteiger partial charge in [-0.1, -0.05) is 168 Å². The Balaban J connectivity index is 0.000000164. The Kier molecular flexibility index (Phi) is 23.4. The van der Waals surface area contributed by atoms with E-state index in [0.29, 0.717) is 0 Å². The number of fused-ring (bicyclic) bond motifs is 4. The molecule has 0 spiro atoms. The first-order valence-electron chi connectivity index (χ1n) is 23.1. The zero-order valence-electron chi connectivity index (χ0n) is 40.2. The summed E-state index contributed by atoms with van der Waals surface area (Å²) in [5.41, 5.74) is 10.8. The predicted molar refractivity (Wildman–Crippen MR) is 295 cm³/mol. The second-order valence-electron chi connectivity index (χ2n) is 16.8. The van der Waals surface area contributed by atoms with E-state index < -0.39 is 0 Å². The molecule has 0 bridgehead atoms. The fraction of sp³-hybridized carbons (Fsp3) is 0.0625. The summed E-state index contributed by atoms with van der Waals surface area (Å²) in [7, 11) is 0. The van der Waals surface area contributed by atoms with Crippen molar-refractivity contribution >= 4 is 54.0 Å². The molecule has 0 atom stereocenters. The topological polar surface area (TPSA) is 0 Å². The predicted octanol–water partition coefficient (Wildman–Crippen LogP) is 12.5. The van der Waals surface area contributed by atoms with Gasteiger partial charge in [0.25, 0.3) is 0 Å². The average molecular weight is 1130 g/mol. The van der Waals surface area contributed by atoms with Crippen molar-refractivity contribution in [3.05, 3.63) is 267 Å². The van der Waals surface area contributed by atoms with E-state index in [4.69, 9.17) is 0 Å². The molecular formula is C64H56Cl2Si2Zr2-2. The molecule has 0 nitrogen and oxygen atoms in total. The molecular weight excluding hydrogens is 1080 g/mol. The maximum atomic E-state index is 2.31. The Morgan fingerprint density at radius 1 is 0.257 bits per heavy atom. The van der Waals surface area contributed by atoms with E-state index in [9.17, 15) is 0 Å². The number of halogens is 2. The molecule has 0 aliphatic carbocycles. The molecule has 0 amide bonds. The first-order valence-corrected chi connectivity index (χ1v) is 35.5. The first kappa shape index (κ1) is 55.9. The molecule has 12 rings (SSSR count). The number of hydrogen-bond donors (Lipinski definition) is 0. The van der Waals surface area contributed by atoms with Gasteiger partial charge in [-0.2, -0.15) is 48.5 Å². The second kappa shape index (κ2) is 29.4. The molecule has 0 radical (unpaired) electrons. The van der Waals surface area contributed by atoms with E-state index in [1.165, 1.54) is 87.6 Å². The maximum Gasteiger partial charge on any atom is -0.0279 e. The summed E-state index contributed by atoms with van der Waals surface area (Å²) < 4.78 is 0. The number of benzene rings is 8. The van der Waals surface area contributed by atoms with E-state index in [-0.39, 0.29) is 35.7 Å². The Bertz CT molecular complexity index is 2960.